The van der Waals surface area contributed by atoms with Crippen LogP contribution in [0.25, 0.3) is 0 Å². The molecule has 0 spiro atoms. The Bertz CT molecular complexity index is 221. The maximum Gasteiger partial charge on any atom is 0.223 e. The summed E-state index contributed by atoms with van der Waals surface area (Å²) in [6.45, 7) is 4.89. The molecule has 1 fully saturated rings. The molecule has 1 aliphatic rings. The van der Waals surface area contributed by atoms with Gasteiger partial charge in [0.2, 0.25) is 5.91 Å². The molecule has 0 bridgehead atoms. The highest BCUT2D eigenvalue weighted by Crippen LogP contribution is 2.28. The summed E-state index contributed by atoms with van der Waals surface area (Å²) in [5.74, 6) is 0.937. The standard InChI is InChI=1S/C13H26N2O2/c1-2-17-8-4-7-15-13(16)12-6-3-5-11(9-12)10-14/h11-12H,2-10,14H2,1H3,(H,15,16). The number of hydrogen-bond donors (Lipinski definition) is 2. The lowest BCUT2D eigenvalue weighted by Crippen LogP contribution is -2.36. The molecule has 0 heterocycles. The number of nitrogens with two attached hydrogens (primary N) is 1. The maximum absolute atomic E-state index is 11.9. The average Bonchev–Trinajstić information content (AvgIpc) is 2.38. The summed E-state index contributed by atoms with van der Waals surface area (Å²) >= 11 is 0. The van der Waals surface area contributed by atoms with E-state index in [9.17, 15) is 4.79 Å². The first-order chi connectivity index (χ1) is 8.27. The van der Waals surface area contributed by atoms with Crippen LogP contribution >= 0.6 is 0 Å². The quantitative estimate of drug-likeness (QED) is 0.661. The topological polar surface area (TPSA) is 64.3 Å². The summed E-state index contributed by atoms with van der Waals surface area (Å²) in [4.78, 5) is 11.9. The molecule has 4 nitrogen and oxygen atoms in total. The van der Waals surface area contributed by atoms with Crippen LogP contribution in [0.5, 0.6) is 0 Å². The van der Waals surface area contributed by atoms with Crippen LogP contribution in [0.3, 0.4) is 0 Å². The summed E-state index contributed by atoms with van der Waals surface area (Å²) in [7, 11) is 0. The lowest BCUT2D eigenvalue weighted by Gasteiger charge is -2.27. The lowest BCUT2D eigenvalue weighted by molar-refractivity contribution is -0.126. The molecule has 0 aromatic heterocycles. The first-order valence-corrected chi connectivity index (χ1v) is 6.83. The Hall–Kier alpha value is -0.610. The van der Waals surface area contributed by atoms with Gasteiger partial charge in [-0.2, -0.15) is 0 Å². The van der Waals surface area contributed by atoms with Crippen molar-refractivity contribution in [3.05, 3.63) is 0 Å². The Morgan fingerprint density at radius 1 is 1.47 bits per heavy atom. The zero-order valence-corrected chi connectivity index (χ0v) is 10.9. The SMILES string of the molecule is CCOCCCNC(=O)C1CCCC(CN)C1. The molecule has 1 aliphatic carbocycles. The highest BCUT2D eigenvalue weighted by molar-refractivity contribution is 5.78. The van der Waals surface area contributed by atoms with E-state index in [1.165, 1.54) is 6.42 Å². The molecule has 1 amide bonds. The predicted molar refractivity (Wildman–Crippen MR) is 68.6 cm³/mol. The van der Waals surface area contributed by atoms with Gasteiger partial charge in [-0.3, -0.25) is 4.79 Å². The van der Waals surface area contributed by atoms with E-state index in [4.69, 9.17) is 10.5 Å². The van der Waals surface area contributed by atoms with Crippen molar-refractivity contribution in [1.82, 2.24) is 5.32 Å². The van der Waals surface area contributed by atoms with Gasteiger partial charge >= 0.3 is 0 Å². The zero-order valence-electron chi connectivity index (χ0n) is 10.9. The minimum atomic E-state index is 0.185. The van der Waals surface area contributed by atoms with Crippen molar-refractivity contribution in [3.8, 4) is 0 Å². The summed E-state index contributed by atoms with van der Waals surface area (Å²) < 4.78 is 5.23. The van der Waals surface area contributed by atoms with E-state index < -0.39 is 0 Å². The second kappa shape index (κ2) is 8.48. The Morgan fingerprint density at radius 3 is 3.00 bits per heavy atom. The van der Waals surface area contributed by atoms with E-state index >= 15 is 0 Å². The van der Waals surface area contributed by atoms with E-state index in [0.717, 1.165) is 45.4 Å². The van der Waals surface area contributed by atoms with Crippen molar-refractivity contribution in [2.24, 2.45) is 17.6 Å². The van der Waals surface area contributed by atoms with Crippen LogP contribution in [-0.2, 0) is 9.53 Å². The molecule has 100 valence electrons. The number of amides is 1. The van der Waals surface area contributed by atoms with Crippen molar-refractivity contribution < 1.29 is 9.53 Å². The van der Waals surface area contributed by atoms with Gasteiger partial charge in [0.25, 0.3) is 0 Å². The number of hydrogen-bond acceptors (Lipinski definition) is 3. The van der Waals surface area contributed by atoms with Crippen LogP contribution < -0.4 is 11.1 Å². The zero-order chi connectivity index (χ0) is 12.5. The number of carbonyl (C=O) groups is 1. The Kier molecular flexibility index (Phi) is 7.21. The fourth-order valence-electron chi connectivity index (χ4n) is 2.42. The molecule has 0 aliphatic heterocycles. The molecule has 1 rings (SSSR count). The van der Waals surface area contributed by atoms with Gasteiger partial charge in [0.05, 0.1) is 0 Å². The van der Waals surface area contributed by atoms with Gasteiger partial charge in [-0.05, 0) is 45.1 Å². The molecule has 17 heavy (non-hydrogen) atoms. The molecular weight excluding hydrogens is 216 g/mol. The summed E-state index contributed by atoms with van der Waals surface area (Å²) in [5.41, 5.74) is 5.67. The van der Waals surface area contributed by atoms with Crippen molar-refractivity contribution in [3.63, 3.8) is 0 Å². The molecule has 2 unspecified atom stereocenters. The molecule has 0 aromatic rings. The molecule has 0 aromatic carbocycles. The average molecular weight is 242 g/mol. The summed E-state index contributed by atoms with van der Waals surface area (Å²) in [6.07, 6.45) is 5.21. The van der Waals surface area contributed by atoms with E-state index in [2.05, 4.69) is 5.32 Å². The van der Waals surface area contributed by atoms with Gasteiger partial charge in [0, 0.05) is 25.7 Å². The van der Waals surface area contributed by atoms with Crippen LogP contribution in [0, 0.1) is 11.8 Å². The number of nitrogens with one attached hydrogen (secondary N) is 1. The van der Waals surface area contributed by atoms with Gasteiger partial charge in [-0.25, -0.2) is 0 Å². The van der Waals surface area contributed by atoms with Gasteiger partial charge in [-0.1, -0.05) is 6.42 Å². The number of carbonyl (C=O) groups excluding carboxylic acids is 1. The third kappa shape index (κ3) is 5.50. The largest absolute Gasteiger partial charge is 0.382 e. The minimum Gasteiger partial charge on any atom is -0.382 e. The predicted octanol–water partition coefficient (Wildman–Crippen LogP) is 1.29. The monoisotopic (exact) mass is 242 g/mol. The van der Waals surface area contributed by atoms with Gasteiger partial charge < -0.3 is 15.8 Å². The molecule has 4 heteroatoms. The van der Waals surface area contributed by atoms with Crippen LogP contribution in [0.15, 0.2) is 0 Å². The smallest absolute Gasteiger partial charge is 0.223 e. The van der Waals surface area contributed by atoms with Crippen LogP contribution in [0.4, 0.5) is 0 Å². The highest BCUT2D eigenvalue weighted by Gasteiger charge is 2.25. The molecule has 3 N–H and O–H groups in total. The van der Waals surface area contributed by atoms with Crippen LogP contribution in [0.1, 0.15) is 39.0 Å². The Balaban J connectivity index is 2.14. The fraction of sp³-hybridized carbons (Fsp3) is 0.923. The lowest BCUT2D eigenvalue weighted by atomic mass is 9.81. The normalized spacial score (nSPS) is 24.6. The first kappa shape index (κ1) is 14.5. The van der Waals surface area contributed by atoms with Gasteiger partial charge in [-0.15, -0.1) is 0 Å². The third-order valence-electron chi connectivity index (χ3n) is 3.46. The maximum atomic E-state index is 11.9. The first-order valence-electron chi connectivity index (χ1n) is 6.83. The second-order valence-electron chi connectivity index (χ2n) is 4.81. The van der Waals surface area contributed by atoms with Crippen molar-refractivity contribution in [1.29, 1.82) is 0 Å². The van der Waals surface area contributed by atoms with Crippen molar-refractivity contribution >= 4 is 5.91 Å². The Morgan fingerprint density at radius 2 is 2.29 bits per heavy atom. The fourth-order valence-corrected chi connectivity index (χ4v) is 2.42. The van der Waals surface area contributed by atoms with E-state index in [0.29, 0.717) is 12.5 Å². The molecule has 1 saturated carbocycles. The van der Waals surface area contributed by atoms with E-state index in [1.807, 2.05) is 6.92 Å². The van der Waals surface area contributed by atoms with Crippen molar-refractivity contribution in [2.75, 3.05) is 26.3 Å². The molecule has 0 radical (unpaired) electrons. The third-order valence-corrected chi connectivity index (χ3v) is 3.46. The van der Waals surface area contributed by atoms with Crippen LogP contribution in [-0.4, -0.2) is 32.2 Å². The Labute approximate surface area is 104 Å². The minimum absolute atomic E-state index is 0.185. The van der Waals surface area contributed by atoms with E-state index in [1.54, 1.807) is 0 Å². The van der Waals surface area contributed by atoms with Gasteiger partial charge in [0.15, 0.2) is 0 Å². The summed E-state index contributed by atoms with van der Waals surface area (Å²) in [6, 6.07) is 0. The van der Waals surface area contributed by atoms with Crippen molar-refractivity contribution in [2.45, 2.75) is 39.0 Å². The molecule has 2 atom stereocenters. The molecule has 0 saturated heterocycles. The second-order valence-corrected chi connectivity index (χ2v) is 4.81. The van der Waals surface area contributed by atoms with E-state index in [-0.39, 0.29) is 11.8 Å². The number of ether oxygens (including phenoxy) is 1. The highest BCUT2D eigenvalue weighted by atomic mass is 16.5. The van der Waals surface area contributed by atoms with Crippen LogP contribution in [0.2, 0.25) is 0 Å². The van der Waals surface area contributed by atoms with Gasteiger partial charge in [0.1, 0.15) is 0 Å². The molecular formula is C13H26N2O2. The number of rotatable bonds is 7. The summed E-state index contributed by atoms with van der Waals surface area (Å²) in [5, 5.41) is 3.00.